The van der Waals surface area contributed by atoms with Gasteiger partial charge in [0.25, 0.3) is 5.91 Å². The van der Waals surface area contributed by atoms with E-state index in [1.807, 2.05) is 24.2 Å². The summed E-state index contributed by atoms with van der Waals surface area (Å²) in [4.78, 5) is 25.8. The van der Waals surface area contributed by atoms with Crippen molar-refractivity contribution in [3.8, 4) is 0 Å². The molecule has 1 amide bonds. The number of aromatic nitrogens is 2. The molecule has 3 aliphatic rings. The minimum atomic E-state index is -0.308. The fraction of sp³-hybridized carbons (Fsp3) is 0.722. The molecule has 0 radical (unpaired) electrons. The van der Waals surface area contributed by atoms with Crippen LogP contribution >= 0.6 is 0 Å². The molecule has 3 aliphatic heterocycles. The SMILES string of the molecule is Cc1cnc(N2CCC[C@]3(CO[C@@H](C(=O)N4CCOCC4)C3)C2)nc1. The Morgan fingerprint density at radius 2 is 2.00 bits per heavy atom. The number of carbonyl (C=O) groups is 1. The van der Waals surface area contributed by atoms with E-state index in [0.717, 1.165) is 43.9 Å². The molecule has 1 spiro atoms. The maximum absolute atomic E-state index is 12.7. The molecule has 1 aromatic rings. The van der Waals surface area contributed by atoms with Crippen molar-refractivity contribution in [3.05, 3.63) is 18.0 Å². The van der Waals surface area contributed by atoms with Crippen molar-refractivity contribution < 1.29 is 14.3 Å². The van der Waals surface area contributed by atoms with Crippen LogP contribution in [0, 0.1) is 12.3 Å². The average molecular weight is 346 g/mol. The molecule has 0 N–H and O–H groups in total. The second-order valence-corrected chi connectivity index (χ2v) is 7.53. The fourth-order valence-electron chi connectivity index (χ4n) is 4.15. The first-order valence-corrected chi connectivity index (χ1v) is 9.17. The van der Waals surface area contributed by atoms with Crippen molar-refractivity contribution >= 4 is 11.9 Å². The van der Waals surface area contributed by atoms with Crippen molar-refractivity contribution in [3.63, 3.8) is 0 Å². The van der Waals surface area contributed by atoms with Crippen molar-refractivity contribution in [2.24, 2.45) is 5.41 Å². The molecular weight excluding hydrogens is 320 g/mol. The van der Waals surface area contributed by atoms with Gasteiger partial charge in [-0.15, -0.1) is 0 Å². The van der Waals surface area contributed by atoms with Crippen LogP contribution in [0.15, 0.2) is 12.4 Å². The van der Waals surface area contributed by atoms with Crippen molar-refractivity contribution in [2.75, 3.05) is 50.9 Å². The minimum absolute atomic E-state index is 0.0408. The molecule has 1 aromatic heterocycles. The lowest BCUT2D eigenvalue weighted by molar-refractivity contribution is -0.144. The number of piperidine rings is 1. The number of amides is 1. The van der Waals surface area contributed by atoms with Gasteiger partial charge in [0.2, 0.25) is 5.95 Å². The Hall–Kier alpha value is -1.73. The van der Waals surface area contributed by atoms with Crippen molar-refractivity contribution in [2.45, 2.75) is 32.3 Å². The Kier molecular flexibility index (Phi) is 4.60. The van der Waals surface area contributed by atoms with Gasteiger partial charge in [-0.05, 0) is 31.7 Å². The van der Waals surface area contributed by atoms with Crippen LogP contribution in [0.5, 0.6) is 0 Å². The van der Waals surface area contributed by atoms with E-state index in [4.69, 9.17) is 9.47 Å². The highest BCUT2D eigenvalue weighted by atomic mass is 16.5. The summed E-state index contributed by atoms with van der Waals surface area (Å²) in [6, 6.07) is 0. The number of hydrogen-bond donors (Lipinski definition) is 0. The van der Waals surface area contributed by atoms with E-state index in [-0.39, 0.29) is 17.4 Å². The third-order valence-electron chi connectivity index (χ3n) is 5.52. The lowest BCUT2D eigenvalue weighted by Crippen LogP contribution is -2.47. The Morgan fingerprint density at radius 1 is 1.24 bits per heavy atom. The van der Waals surface area contributed by atoms with E-state index in [1.165, 1.54) is 0 Å². The standard InChI is InChI=1S/C18H26N4O3/c1-14-10-19-17(20-11-14)22-4-2-3-18(12-22)9-15(25-13-18)16(23)21-5-7-24-8-6-21/h10-11,15H,2-9,12-13H2,1H3/t15-,18-/m1/s1. The number of ether oxygens (including phenoxy) is 2. The number of hydrogen-bond acceptors (Lipinski definition) is 6. The van der Waals surface area contributed by atoms with Crippen molar-refractivity contribution in [1.29, 1.82) is 0 Å². The summed E-state index contributed by atoms with van der Waals surface area (Å²) >= 11 is 0. The van der Waals surface area contributed by atoms with Crippen LogP contribution in [0.3, 0.4) is 0 Å². The molecular formula is C18H26N4O3. The smallest absolute Gasteiger partial charge is 0.251 e. The molecule has 0 aromatic carbocycles. The van der Waals surface area contributed by atoms with Gasteiger partial charge in [0, 0.05) is 44.0 Å². The van der Waals surface area contributed by atoms with E-state index in [9.17, 15) is 4.79 Å². The largest absolute Gasteiger partial charge is 0.378 e. The summed E-state index contributed by atoms with van der Waals surface area (Å²) in [6.45, 7) is 7.08. The lowest BCUT2D eigenvalue weighted by Gasteiger charge is -2.39. The molecule has 25 heavy (non-hydrogen) atoms. The van der Waals surface area contributed by atoms with Crippen molar-refractivity contribution in [1.82, 2.24) is 14.9 Å². The topological polar surface area (TPSA) is 67.8 Å². The molecule has 7 heteroatoms. The summed E-state index contributed by atoms with van der Waals surface area (Å²) in [5.41, 5.74) is 1.11. The number of carbonyl (C=O) groups excluding carboxylic acids is 1. The maximum Gasteiger partial charge on any atom is 0.251 e. The van der Waals surface area contributed by atoms with Gasteiger partial charge in [0.05, 0.1) is 19.8 Å². The Morgan fingerprint density at radius 3 is 2.76 bits per heavy atom. The first-order valence-electron chi connectivity index (χ1n) is 9.17. The first-order chi connectivity index (χ1) is 12.2. The van der Waals surface area contributed by atoms with Gasteiger partial charge in [-0.25, -0.2) is 9.97 Å². The van der Waals surface area contributed by atoms with Gasteiger partial charge in [-0.3, -0.25) is 4.79 Å². The molecule has 2 atom stereocenters. The van der Waals surface area contributed by atoms with Crippen LogP contribution in [0.2, 0.25) is 0 Å². The van der Waals surface area contributed by atoms with E-state index < -0.39 is 0 Å². The normalized spacial score (nSPS) is 30.0. The fourth-order valence-corrected chi connectivity index (χ4v) is 4.15. The monoisotopic (exact) mass is 346 g/mol. The van der Waals surface area contributed by atoms with Crippen LogP contribution in [-0.2, 0) is 14.3 Å². The third-order valence-corrected chi connectivity index (χ3v) is 5.52. The van der Waals surface area contributed by atoms with Crippen LogP contribution in [0.1, 0.15) is 24.8 Å². The Labute approximate surface area is 148 Å². The summed E-state index contributed by atoms with van der Waals surface area (Å²) in [7, 11) is 0. The Balaban J connectivity index is 1.42. The molecule has 136 valence electrons. The first kappa shape index (κ1) is 16.7. The van der Waals surface area contributed by atoms with E-state index in [2.05, 4.69) is 14.9 Å². The van der Waals surface area contributed by atoms with Crippen LogP contribution in [0.4, 0.5) is 5.95 Å². The highest BCUT2D eigenvalue weighted by molar-refractivity contribution is 5.81. The molecule has 3 saturated heterocycles. The second-order valence-electron chi connectivity index (χ2n) is 7.53. The molecule has 0 bridgehead atoms. The predicted molar refractivity (Wildman–Crippen MR) is 92.4 cm³/mol. The number of rotatable bonds is 2. The summed E-state index contributed by atoms with van der Waals surface area (Å²) in [5.74, 6) is 0.913. The van der Waals surface area contributed by atoms with Gasteiger partial charge in [0.1, 0.15) is 6.10 Å². The van der Waals surface area contributed by atoms with Gasteiger partial charge in [-0.1, -0.05) is 0 Å². The highest BCUT2D eigenvalue weighted by Crippen LogP contribution is 2.41. The third kappa shape index (κ3) is 3.48. The number of aryl methyl sites for hydroxylation is 1. The minimum Gasteiger partial charge on any atom is -0.378 e. The van der Waals surface area contributed by atoms with E-state index in [1.54, 1.807) is 0 Å². The van der Waals surface area contributed by atoms with Gasteiger partial charge in [-0.2, -0.15) is 0 Å². The van der Waals surface area contributed by atoms with E-state index >= 15 is 0 Å². The molecule has 0 saturated carbocycles. The molecule has 4 rings (SSSR count). The predicted octanol–water partition coefficient (Wildman–Crippen LogP) is 1.02. The highest BCUT2D eigenvalue weighted by Gasteiger charge is 2.46. The van der Waals surface area contributed by atoms with E-state index in [0.29, 0.717) is 32.9 Å². The number of anilines is 1. The zero-order chi connectivity index (χ0) is 17.3. The quantitative estimate of drug-likeness (QED) is 0.796. The van der Waals surface area contributed by atoms with Crippen LogP contribution in [-0.4, -0.2) is 72.9 Å². The van der Waals surface area contributed by atoms with Gasteiger partial charge in [0.15, 0.2) is 0 Å². The van der Waals surface area contributed by atoms with Gasteiger partial charge >= 0.3 is 0 Å². The van der Waals surface area contributed by atoms with Gasteiger partial charge < -0.3 is 19.3 Å². The zero-order valence-corrected chi connectivity index (χ0v) is 14.8. The molecule has 4 heterocycles. The number of morpholine rings is 1. The second kappa shape index (κ2) is 6.88. The summed E-state index contributed by atoms with van der Waals surface area (Å²) in [5, 5.41) is 0. The Bertz CT molecular complexity index is 617. The van der Waals surface area contributed by atoms with Crippen LogP contribution < -0.4 is 4.90 Å². The average Bonchev–Trinajstić information content (AvgIpc) is 3.05. The number of nitrogens with zero attached hydrogens (tertiary/aromatic N) is 4. The lowest BCUT2D eigenvalue weighted by atomic mass is 9.78. The molecule has 0 unspecified atom stereocenters. The molecule has 0 aliphatic carbocycles. The summed E-state index contributed by atoms with van der Waals surface area (Å²) in [6.07, 6.45) is 6.39. The maximum atomic E-state index is 12.7. The summed E-state index contributed by atoms with van der Waals surface area (Å²) < 4.78 is 11.3. The molecule has 7 nitrogen and oxygen atoms in total. The zero-order valence-electron chi connectivity index (χ0n) is 14.8. The van der Waals surface area contributed by atoms with Crippen LogP contribution in [0.25, 0.3) is 0 Å². The molecule has 3 fully saturated rings.